The minimum Gasteiger partial charge on any atom is -0.330 e. The van der Waals surface area contributed by atoms with E-state index in [9.17, 15) is 14.4 Å². The zero-order chi connectivity index (χ0) is 13.7. The molecule has 0 radical (unpaired) electrons. The summed E-state index contributed by atoms with van der Waals surface area (Å²) in [5.41, 5.74) is 0. The van der Waals surface area contributed by atoms with Gasteiger partial charge in [-0.3, -0.25) is 9.59 Å². The first kappa shape index (κ1) is 14.7. The molecule has 0 aliphatic carbocycles. The maximum Gasteiger partial charge on any atom is 0.333 e. The number of hydrogen-bond donors (Lipinski definition) is 0. The van der Waals surface area contributed by atoms with E-state index in [1.165, 1.54) is 12.2 Å². The first-order valence-electron chi connectivity index (χ1n) is 6.51. The Kier molecular flexibility index (Phi) is 5.57. The standard InChI is InChI=1S/C12H17NO4S2/c14-10-5-6-11(15)13(10)17-12(16)4-2-1-3-9-7-8-18-19-9/h9H,1-8H2. The maximum absolute atomic E-state index is 11.5. The summed E-state index contributed by atoms with van der Waals surface area (Å²) in [4.78, 5) is 38.8. The monoisotopic (exact) mass is 303 g/mol. The van der Waals surface area contributed by atoms with Crippen LogP contribution in [0.2, 0.25) is 0 Å². The minimum absolute atomic E-state index is 0.142. The van der Waals surface area contributed by atoms with Crippen LogP contribution in [0, 0.1) is 0 Å². The molecule has 0 N–H and O–H groups in total. The smallest absolute Gasteiger partial charge is 0.330 e. The fourth-order valence-corrected chi connectivity index (χ4v) is 5.04. The van der Waals surface area contributed by atoms with Gasteiger partial charge in [0, 0.05) is 30.3 Å². The second-order valence-corrected chi connectivity index (χ2v) is 7.41. The van der Waals surface area contributed by atoms with E-state index in [4.69, 9.17) is 4.84 Å². The van der Waals surface area contributed by atoms with Crippen LogP contribution in [0.1, 0.15) is 44.9 Å². The molecule has 0 saturated carbocycles. The van der Waals surface area contributed by atoms with Crippen molar-refractivity contribution in [2.75, 3.05) is 5.75 Å². The third kappa shape index (κ3) is 4.42. The van der Waals surface area contributed by atoms with E-state index in [-0.39, 0.29) is 19.3 Å². The molecule has 2 fully saturated rings. The third-order valence-electron chi connectivity index (χ3n) is 3.08. The van der Waals surface area contributed by atoms with Crippen molar-refractivity contribution in [3.05, 3.63) is 0 Å². The van der Waals surface area contributed by atoms with Gasteiger partial charge in [0.25, 0.3) is 11.8 Å². The molecule has 2 saturated heterocycles. The molecule has 7 heteroatoms. The van der Waals surface area contributed by atoms with Crippen molar-refractivity contribution < 1.29 is 19.2 Å². The molecule has 2 amide bonds. The third-order valence-corrected chi connectivity index (χ3v) is 6.09. The molecule has 0 aromatic carbocycles. The van der Waals surface area contributed by atoms with Crippen LogP contribution >= 0.6 is 21.6 Å². The summed E-state index contributed by atoms with van der Waals surface area (Å²) in [7, 11) is 3.84. The molecule has 2 rings (SSSR count). The average Bonchev–Trinajstić information content (AvgIpc) is 3.00. The highest BCUT2D eigenvalue weighted by Crippen LogP contribution is 2.39. The number of nitrogens with zero attached hydrogens (tertiary/aromatic N) is 1. The number of carbonyl (C=O) groups is 3. The number of rotatable bonds is 6. The summed E-state index contributed by atoms with van der Waals surface area (Å²) < 4.78 is 0. The SMILES string of the molecule is O=C(CCCCC1CCSS1)ON1C(=O)CCC1=O. The number of carbonyl (C=O) groups excluding carboxylic acids is 3. The highest BCUT2D eigenvalue weighted by atomic mass is 33.1. The van der Waals surface area contributed by atoms with E-state index < -0.39 is 17.8 Å². The molecular weight excluding hydrogens is 286 g/mol. The van der Waals surface area contributed by atoms with E-state index in [1.54, 1.807) is 0 Å². The van der Waals surface area contributed by atoms with Crippen molar-refractivity contribution in [2.24, 2.45) is 0 Å². The van der Waals surface area contributed by atoms with Crippen molar-refractivity contribution >= 4 is 39.4 Å². The highest BCUT2D eigenvalue weighted by Gasteiger charge is 2.32. The van der Waals surface area contributed by atoms with E-state index in [0.717, 1.165) is 19.3 Å². The Hall–Kier alpha value is -0.690. The first-order valence-corrected chi connectivity index (χ1v) is 8.90. The Morgan fingerprint density at radius 3 is 2.63 bits per heavy atom. The molecular formula is C12H17NO4S2. The molecule has 5 nitrogen and oxygen atoms in total. The number of amides is 2. The summed E-state index contributed by atoms with van der Waals surface area (Å²) in [6.07, 6.45) is 4.64. The number of imide groups is 1. The zero-order valence-corrected chi connectivity index (χ0v) is 12.3. The van der Waals surface area contributed by atoms with Crippen molar-refractivity contribution in [2.45, 2.75) is 50.2 Å². The molecule has 106 valence electrons. The van der Waals surface area contributed by atoms with E-state index >= 15 is 0 Å². The zero-order valence-electron chi connectivity index (χ0n) is 10.6. The molecule has 2 aliphatic heterocycles. The summed E-state index contributed by atoms with van der Waals surface area (Å²) in [5, 5.41) is 1.33. The van der Waals surface area contributed by atoms with Crippen LogP contribution in [0.4, 0.5) is 0 Å². The summed E-state index contributed by atoms with van der Waals surface area (Å²) in [5.74, 6) is -0.108. The van der Waals surface area contributed by atoms with Gasteiger partial charge in [-0.2, -0.15) is 0 Å². The number of unbranched alkanes of at least 4 members (excludes halogenated alkanes) is 1. The minimum atomic E-state index is -0.489. The van der Waals surface area contributed by atoms with Gasteiger partial charge in [0.15, 0.2) is 0 Å². The highest BCUT2D eigenvalue weighted by molar-refractivity contribution is 8.77. The Labute approximate surface area is 120 Å². The quantitative estimate of drug-likeness (QED) is 0.426. The van der Waals surface area contributed by atoms with Gasteiger partial charge in [0.1, 0.15) is 0 Å². The van der Waals surface area contributed by atoms with Crippen LogP contribution in [0.15, 0.2) is 0 Å². The molecule has 1 atom stereocenters. The Morgan fingerprint density at radius 1 is 1.26 bits per heavy atom. The lowest BCUT2D eigenvalue weighted by Crippen LogP contribution is -2.31. The second kappa shape index (κ2) is 7.19. The van der Waals surface area contributed by atoms with Crippen LogP contribution in [0.3, 0.4) is 0 Å². The fraction of sp³-hybridized carbons (Fsp3) is 0.750. The van der Waals surface area contributed by atoms with Crippen LogP contribution < -0.4 is 0 Å². The van der Waals surface area contributed by atoms with Gasteiger partial charge in [0.05, 0.1) is 0 Å². The van der Waals surface area contributed by atoms with Gasteiger partial charge < -0.3 is 4.84 Å². The summed E-state index contributed by atoms with van der Waals surface area (Å²) in [6, 6.07) is 0. The molecule has 0 bridgehead atoms. The van der Waals surface area contributed by atoms with Gasteiger partial charge in [-0.05, 0) is 19.3 Å². The van der Waals surface area contributed by atoms with Crippen LogP contribution in [-0.4, -0.2) is 33.8 Å². The summed E-state index contributed by atoms with van der Waals surface area (Å²) >= 11 is 0. The Bertz CT molecular complexity index is 353. The van der Waals surface area contributed by atoms with E-state index in [0.29, 0.717) is 10.3 Å². The van der Waals surface area contributed by atoms with Crippen LogP contribution in [0.25, 0.3) is 0 Å². The maximum atomic E-state index is 11.5. The lowest BCUT2D eigenvalue weighted by molar-refractivity contribution is -0.197. The molecule has 2 aliphatic rings. The van der Waals surface area contributed by atoms with Gasteiger partial charge >= 0.3 is 5.97 Å². The number of hydrogen-bond acceptors (Lipinski definition) is 6. The predicted molar refractivity (Wildman–Crippen MR) is 74.1 cm³/mol. The van der Waals surface area contributed by atoms with Crippen LogP contribution in [0.5, 0.6) is 0 Å². The van der Waals surface area contributed by atoms with Crippen molar-refractivity contribution in [3.8, 4) is 0 Å². The van der Waals surface area contributed by atoms with Gasteiger partial charge in [-0.25, -0.2) is 4.79 Å². The average molecular weight is 303 g/mol. The lowest BCUT2D eigenvalue weighted by Gasteiger charge is -2.12. The predicted octanol–water partition coefficient (Wildman–Crippen LogP) is 2.31. The normalized spacial score (nSPS) is 23.2. The molecule has 19 heavy (non-hydrogen) atoms. The molecule has 0 aromatic heterocycles. The van der Waals surface area contributed by atoms with Crippen molar-refractivity contribution in [1.82, 2.24) is 5.06 Å². The van der Waals surface area contributed by atoms with Crippen molar-refractivity contribution in [3.63, 3.8) is 0 Å². The van der Waals surface area contributed by atoms with E-state index in [1.807, 2.05) is 21.6 Å². The second-order valence-electron chi connectivity index (χ2n) is 4.62. The largest absolute Gasteiger partial charge is 0.333 e. The number of hydroxylamine groups is 2. The molecule has 0 aromatic rings. The first-order chi connectivity index (χ1) is 9.16. The van der Waals surface area contributed by atoms with Crippen LogP contribution in [-0.2, 0) is 19.2 Å². The molecule has 2 heterocycles. The Morgan fingerprint density at radius 2 is 2.00 bits per heavy atom. The Balaban J connectivity index is 1.59. The van der Waals surface area contributed by atoms with Gasteiger partial charge in [0.2, 0.25) is 0 Å². The lowest BCUT2D eigenvalue weighted by atomic mass is 10.1. The molecule has 1 unspecified atom stereocenters. The van der Waals surface area contributed by atoms with E-state index in [2.05, 4.69) is 0 Å². The fourth-order valence-electron chi connectivity index (χ4n) is 2.01. The topological polar surface area (TPSA) is 63.7 Å². The van der Waals surface area contributed by atoms with Crippen molar-refractivity contribution in [1.29, 1.82) is 0 Å². The summed E-state index contributed by atoms with van der Waals surface area (Å²) in [6.45, 7) is 0. The van der Waals surface area contributed by atoms with Gasteiger partial charge in [-0.1, -0.05) is 28.0 Å². The molecule has 0 spiro atoms. The van der Waals surface area contributed by atoms with Gasteiger partial charge in [-0.15, -0.1) is 5.06 Å².